The quantitative estimate of drug-likeness (QED) is 0.412. The summed E-state index contributed by atoms with van der Waals surface area (Å²) in [6.45, 7) is 2.86. The van der Waals surface area contributed by atoms with Gasteiger partial charge in [0.25, 0.3) is 0 Å². The number of amides is 2. The number of nitrogens with two attached hydrogens (primary N) is 1. The maximum Gasteiger partial charge on any atom is 0.221 e. The van der Waals surface area contributed by atoms with Crippen molar-refractivity contribution in [2.24, 2.45) is 23.5 Å². The van der Waals surface area contributed by atoms with E-state index in [1.807, 2.05) is 36.4 Å². The molecule has 4 aliphatic rings. The molecule has 0 spiro atoms. The Labute approximate surface area is 214 Å². The summed E-state index contributed by atoms with van der Waals surface area (Å²) >= 11 is 0. The summed E-state index contributed by atoms with van der Waals surface area (Å²) in [4.78, 5) is 25.0. The molecular formula is C30H39N3O3. The van der Waals surface area contributed by atoms with Gasteiger partial charge >= 0.3 is 0 Å². The number of aliphatic hydroxyl groups is 1. The number of aliphatic hydroxyl groups excluding tert-OH is 1. The lowest BCUT2D eigenvalue weighted by Crippen LogP contribution is -2.63. The fourth-order valence-corrected chi connectivity index (χ4v) is 7.97. The first kappa shape index (κ1) is 25.0. The van der Waals surface area contributed by atoms with Crippen molar-refractivity contribution < 1.29 is 14.7 Å². The molecule has 4 saturated carbocycles. The first-order chi connectivity index (χ1) is 17.3. The van der Waals surface area contributed by atoms with Crippen molar-refractivity contribution in [3.8, 4) is 0 Å². The van der Waals surface area contributed by atoms with Crippen LogP contribution >= 0.6 is 0 Å². The van der Waals surface area contributed by atoms with E-state index in [-0.39, 0.29) is 23.9 Å². The number of carbonyl (C=O) groups excluding carboxylic acids is 2. The second kappa shape index (κ2) is 10.3. The average Bonchev–Trinajstić information content (AvgIpc) is 2.81. The molecule has 6 heteroatoms. The zero-order valence-corrected chi connectivity index (χ0v) is 21.2. The van der Waals surface area contributed by atoms with E-state index < -0.39 is 6.10 Å². The molecule has 0 saturated heterocycles. The molecule has 36 heavy (non-hydrogen) atoms. The molecule has 6 nitrogen and oxygen atoms in total. The van der Waals surface area contributed by atoms with Crippen molar-refractivity contribution >= 4 is 18.0 Å². The molecule has 2 atom stereocenters. The van der Waals surface area contributed by atoms with E-state index in [2.05, 4.69) is 29.3 Å². The number of nitrogens with one attached hydrogen (secondary N) is 1. The van der Waals surface area contributed by atoms with Gasteiger partial charge in [-0.25, -0.2) is 0 Å². The summed E-state index contributed by atoms with van der Waals surface area (Å²) in [5.41, 5.74) is 9.24. The fraction of sp³-hybridized carbons (Fsp3) is 0.533. The van der Waals surface area contributed by atoms with Crippen LogP contribution in [0.4, 0.5) is 5.69 Å². The lowest BCUT2D eigenvalue weighted by atomic mass is 9.52. The zero-order chi connectivity index (χ0) is 25.3. The minimum absolute atomic E-state index is 0.138. The highest BCUT2D eigenvalue weighted by atomic mass is 16.3. The number of hydrogen-bond donors (Lipinski definition) is 3. The van der Waals surface area contributed by atoms with Gasteiger partial charge < -0.3 is 16.2 Å². The molecule has 2 aromatic carbocycles. The molecule has 4 fully saturated rings. The highest BCUT2D eigenvalue weighted by molar-refractivity contribution is 5.76. The van der Waals surface area contributed by atoms with Crippen LogP contribution in [0.15, 0.2) is 48.5 Å². The van der Waals surface area contributed by atoms with Gasteiger partial charge in [-0.2, -0.15) is 0 Å². The predicted octanol–water partition coefficient (Wildman–Crippen LogP) is 4.22. The van der Waals surface area contributed by atoms with Gasteiger partial charge in [0, 0.05) is 23.8 Å². The number of nitrogens with zero attached hydrogens (tertiary/aromatic N) is 1. The second-order valence-electron chi connectivity index (χ2n) is 11.7. The van der Waals surface area contributed by atoms with Crippen LogP contribution in [-0.4, -0.2) is 40.4 Å². The highest BCUT2D eigenvalue weighted by Crippen LogP contribution is 2.58. The third-order valence-electron chi connectivity index (χ3n) is 8.91. The van der Waals surface area contributed by atoms with Crippen LogP contribution in [0.5, 0.6) is 0 Å². The Morgan fingerprint density at radius 2 is 1.72 bits per heavy atom. The van der Waals surface area contributed by atoms with Gasteiger partial charge in [-0.3, -0.25) is 14.5 Å². The largest absolute Gasteiger partial charge is 0.387 e. The summed E-state index contributed by atoms with van der Waals surface area (Å²) in [6.07, 6.45) is 8.94. The van der Waals surface area contributed by atoms with Crippen molar-refractivity contribution in [2.75, 3.05) is 11.9 Å². The number of primary amides is 1. The molecular weight excluding hydrogens is 450 g/mol. The van der Waals surface area contributed by atoms with E-state index >= 15 is 0 Å². The lowest BCUT2D eigenvalue weighted by Gasteiger charge is -2.62. The van der Waals surface area contributed by atoms with E-state index in [1.54, 1.807) is 0 Å². The molecule has 0 aromatic heterocycles. The van der Waals surface area contributed by atoms with Gasteiger partial charge in [0.2, 0.25) is 12.3 Å². The Hall–Kier alpha value is -2.70. The van der Waals surface area contributed by atoms with Crippen LogP contribution < -0.4 is 11.1 Å². The summed E-state index contributed by atoms with van der Waals surface area (Å²) in [6, 6.07) is 16.0. The van der Waals surface area contributed by atoms with E-state index in [1.165, 1.54) is 44.1 Å². The molecule has 0 radical (unpaired) electrons. The maximum absolute atomic E-state index is 11.5. The fourth-order valence-electron chi connectivity index (χ4n) is 7.97. The Balaban J connectivity index is 1.41. The third kappa shape index (κ3) is 5.35. The maximum atomic E-state index is 11.5. The van der Waals surface area contributed by atoms with E-state index in [4.69, 9.17) is 5.73 Å². The van der Waals surface area contributed by atoms with Gasteiger partial charge in [0.15, 0.2) is 0 Å². The molecule has 4 bridgehead atoms. The van der Waals surface area contributed by atoms with E-state index in [0.29, 0.717) is 18.6 Å². The van der Waals surface area contributed by atoms with Crippen LogP contribution in [0.3, 0.4) is 0 Å². The van der Waals surface area contributed by atoms with Crippen LogP contribution in [0.2, 0.25) is 0 Å². The molecule has 4 N–H and O–H groups in total. The lowest BCUT2D eigenvalue weighted by molar-refractivity contribution is -0.117. The minimum atomic E-state index is -0.643. The Kier molecular flexibility index (Phi) is 7.18. The Bertz CT molecular complexity index is 1070. The van der Waals surface area contributed by atoms with Crippen LogP contribution in [0.25, 0.3) is 0 Å². The van der Waals surface area contributed by atoms with Crippen molar-refractivity contribution in [2.45, 2.75) is 76.0 Å². The molecule has 0 heterocycles. The van der Waals surface area contributed by atoms with Gasteiger partial charge in [0.1, 0.15) is 0 Å². The molecule has 4 aliphatic carbocycles. The average molecular weight is 490 g/mol. The Morgan fingerprint density at radius 1 is 1.08 bits per heavy atom. The SMILES string of the molecule is C[C@H](Cc1cccc(CC(N)=O)c1)N(C[C@H](O)c1cccc(NC=O)c1)C12CC3CC(CC(C3)C1)C2. The van der Waals surface area contributed by atoms with E-state index in [9.17, 15) is 14.7 Å². The number of β-amino-alcohol motifs (C(OH)–C–C–N with tert-alkyl or cyclic N) is 1. The van der Waals surface area contributed by atoms with E-state index in [0.717, 1.165) is 35.3 Å². The zero-order valence-electron chi connectivity index (χ0n) is 21.2. The molecule has 192 valence electrons. The van der Waals surface area contributed by atoms with Crippen LogP contribution in [0.1, 0.15) is 68.2 Å². The van der Waals surface area contributed by atoms with Crippen molar-refractivity contribution in [1.82, 2.24) is 4.90 Å². The number of anilines is 1. The summed E-state index contributed by atoms with van der Waals surface area (Å²) < 4.78 is 0. The normalized spacial score (nSPS) is 28.1. The van der Waals surface area contributed by atoms with Gasteiger partial charge in [-0.15, -0.1) is 0 Å². The molecule has 2 aromatic rings. The smallest absolute Gasteiger partial charge is 0.221 e. The number of hydrogen-bond acceptors (Lipinski definition) is 4. The molecule has 0 unspecified atom stereocenters. The van der Waals surface area contributed by atoms with Crippen molar-refractivity contribution in [3.05, 3.63) is 65.2 Å². The van der Waals surface area contributed by atoms with Crippen molar-refractivity contribution in [1.29, 1.82) is 0 Å². The molecule has 6 rings (SSSR count). The topological polar surface area (TPSA) is 95.7 Å². The number of rotatable bonds is 11. The van der Waals surface area contributed by atoms with Gasteiger partial charge in [0.05, 0.1) is 12.5 Å². The van der Waals surface area contributed by atoms with Gasteiger partial charge in [-0.05, 0) is 98.4 Å². The first-order valence-corrected chi connectivity index (χ1v) is 13.4. The molecule has 0 aliphatic heterocycles. The summed E-state index contributed by atoms with van der Waals surface area (Å²) in [5.74, 6) is 2.11. The third-order valence-corrected chi connectivity index (χ3v) is 8.91. The number of carbonyl (C=O) groups is 2. The standard InChI is InChI=1S/C30H39N3O3/c1-20(8-21-4-2-5-22(9-21)13-29(31)36)33(18-28(35)26-6-3-7-27(14-26)32-19-34)30-15-23-10-24(16-30)12-25(11-23)17-30/h2-7,9,14,19-20,23-25,28,35H,8,10-13,15-18H2,1H3,(H2,31,36)(H,32,34)/t20-,23?,24?,25?,28+,30?/m1/s1. The summed E-state index contributed by atoms with van der Waals surface area (Å²) in [5, 5.41) is 14.1. The monoisotopic (exact) mass is 489 g/mol. The number of benzene rings is 2. The minimum Gasteiger partial charge on any atom is -0.387 e. The highest BCUT2D eigenvalue weighted by Gasteiger charge is 2.54. The first-order valence-electron chi connectivity index (χ1n) is 13.4. The predicted molar refractivity (Wildman–Crippen MR) is 141 cm³/mol. The summed E-state index contributed by atoms with van der Waals surface area (Å²) in [7, 11) is 0. The van der Waals surface area contributed by atoms with Gasteiger partial charge in [-0.1, -0.05) is 36.4 Å². The second-order valence-corrected chi connectivity index (χ2v) is 11.7. The van der Waals surface area contributed by atoms with Crippen molar-refractivity contribution in [3.63, 3.8) is 0 Å². The Morgan fingerprint density at radius 3 is 2.36 bits per heavy atom. The van der Waals surface area contributed by atoms with Crippen LogP contribution in [0, 0.1) is 17.8 Å². The molecule has 2 amide bonds. The van der Waals surface area contributed by atoms with Crippen LogP contribution in [-0.2, 0) is 22.4 Å².